The lowest BCUT2D eigenvalue weighted by atomic mass is 10.1. The van der Waals surface area contributed by atoms with E-state index in [4.69, 9.17) is 16.3 Å². The average molecular weight is 306 g/mol. The largest absolute Gasteiger partial charge is 0.464 e. The number of H-pyrrole nitrogens is 1. The summed E-state index contributed by atoms with van der Waals surface area (Å²) in [6.45, 7) is 0. The summed E-state index contributed by atoms with van der Waals surface area (Å²) in [4.78, 5) is 14.6. The second-order valence-corrected chi connectivity index (χ2v) is 5.32. The van der Waals surface area contributed by atoms with Crippen LogP contribution < -0.4 is 0 Å². The molecular weight excluding hydrogens is 293 g/mol. The van der Waals surface area contributed by atoms with Crippen molar-refractivity contribution in [1.29, 1.82) is 0 Å². The minimum absolute atomic E-state index is 0.104. The third-order valence-electron chi connectivity index (χ3n) is 3.58. The van der Waals surface area contributed by atoms with Crippen LogP contribution in [0.25, 0.3) is 11.6 Å². The number of aryl methyl sites for hydroxylation is 1. The molecule has 0 atom stereocenters. The number of ether oxygens (including phenoxy) is 1. The molecule has 3 nitrogen and oxygen atoms in total. The Hall–Kier alpha value is -2.07. The summed E-state index contributed by atoms with van der Waals surface area (Å²) in [5.41, 5.74) is 4.42. The molecule has 1 heterocycles. The molecule has 0 amide bonds. The van der Waals surface area contributed by atoms with Crippen molar-refractivity contribution < 1.29 is 13.9 Å². The monoisotopic (exact) mass is 305 g/mol. The van der Waals surface area contributed by atoms with Gasteiger partial charge in [0.2, 0.25) is 0 Å². The van der Waals surface area contributed by atoms with Gasteiger partial charge in [-0.25, -0.2) is 9.18 Å². The van der Waals surface area contributed by atoms with Gasteiger partial charge < -0.3 is 9.72 Å². The number of methoxy groups -OCH3 is 1. The number of aromatic amines is 1. The number of carbonyl (C=O) groups is 1. The van der Waals surface area contributed by atoms with Gasteiger partial charge >= 0.3 is 5.97 Å². The minimum Gasteiger partial charge on any atom is -0.464 e. The summed E-state index contributed by atoms with van der Waals surface area (Å²) in [7, 11) is 1.35. The van der Waals surface area contributed by atoms with E-state index >= 15 is 0 Å². The fourth-order valence-corrected chi connectivity index (χ4v) is 2.74. The molecule has 1 aromatic heterocycles. The first kappa shape index (κ1) is 13.9. The van der Waals surface area contributed by atoms with E-state index in [1.807, 2.05) is 6.08 Å². The van der Waals surface area contributed by atoms with Crippen LogP contribution in [0.1, 0.15) is 33.7 Å². The van der Waals surface area contributed by atoms with Gasteiger partial charge in [-0.05, 0) is 47.7 Å². The Kier molecular flexibility index (Phi) is 3.55. The Morgan fingerprint density at radius 1 is 1.38 bits per heavy atom. The highest BCUT2D eigenvalue weighted by atomic mass is 35.5. The first-order valence-electron chi connectivity index (χ1n) is 6.54. The Morgan fingerprint density at radius 2 is 2.19 bits per heavy atom. The van der Waals surface area contributed by atoms with Crippen LogP contribution in [-0.4, -0.2) is 18.1 Å². The molecule has 0 saturated heterocycles. The number of hydrogen-bond donors (Lipinski definition) is 1. The second-order valence-electron chi connectivity index (χ2n) is 4.91. The predicted octanol–water partition coefficient (Wildman–Crippen LogP) is 4.08. The van der Waals surface area contributed by atoms with E-state index in [1.54, 1.807) is 18.2 Å². The molecular formula is C16H13ClFNO2. The topological polar surface area (TPSA) is 42.1 Å². The Bertz CT molecular complexity index is 749. The molecule has 1 aromatic carbocycles. The Balaban J connectivity index is 1.96. The van der Waals surface area contributed by atoms with Crippen LogP contribution in [0.3, 0.4) is 0 Å². The highest BCUT2D eigenvalue weighted by Gasteiger charge is 2.22. The molecule has 2 aromatic rings. The number of rotatable bonds is 2. The lowest BCUT2D eigenvalue weighted by Gasteiger charge is -2.00. The van der Waals surface area contributed by atoms with E-state index in [0.717, 1.165) is 35.2 Å². The lowest BCUT2D eigenvalue weighted by Crippen LogP contribution is -2.01. The van der Waals surface area contributed by atoms with Gasteiger partial charge in [-0.3, -0.25) is 0 Å². The van der Waals surface area contributed by atoms with Crippen LogP contribution >= 0.6 is 11.6 Å². The van der Waals surface area contributed by atoms with E-state index in [9.17, 15) is 9.18 Å². The summed E-state index contributed by atoms with van der Waals surface area (Å²) in [6, 6.07) is 6.42. The molecule has 5 heteroatoms. The molecule has 0 unspecified atom stereocenters. The lowest BCUT2D eigenvalue weighted by molar-refractivity contribution is 0.0594. The SMILES string of the molecule is COC(=O)c1cc2c([nH]1)CC/C2=C/c1ccc(F)c(Cl)c1. The van der Waals surface area contributed by atoms with Crippen molar-refractivity contribution in [2.24, 2.45) is 0 Å². The predicted molar refractivity (Wildman–Crippen MR) is 79.7 cm³/mol. The number of hydrogen-bond acceptors (Lipinski definition) is 2. The fraction of sp³-hybridized carbons (Fsp3) is 0.188. The summed E-state index contributed by atoms with van der Waals surface area (Å²) >= 11 is 5.79. The molecule has 0 spiro atoms. The molecule has 0 aliphatic heterocycles. The zero-order chi connectivity index (χ0) is 15.0. The molecule has 21 heavy (non-hydrogen) atoms. The molecule has 0 fully saturated rings. The van der Waals surface area contributed by atoms with Crippen LogP contribution in [0.2, 0.25) is 5.02 Å². The van der Waals surface area contributed by atoms with Crippen LogP contribution in [0.15, 0.2) is 24.3 Å². The number of carbonyl (C=O) groups excluding carboxylic acids is 1. The van der Waals surface area contributed by atoms with Gasteiger partial charge in [0.1, 0.15) is 11.5 Å². The quantitative estimate of drug-likeness (QED) is 0.849. The minimum atomic E-state index is -0.430. The third kappa shape index (κ3) is 2.59. The maximum atomic E-state index is 13.2. The Labute approximate surface area is 126 Å². The number of aromatic nitrogens is 1. The molecule has 1 aliphatic rings. The maximum absolute atomic E-state index is 13.2. The molecule has 0 bridgehead atoms. The second kappa shape index (κ2) is 5.37. The highest BCUT2D eigenvalue weighted by molar-refractivity contribution is 6.30. The summed E-state index contributed by atoms with van der Waals surface area (Å²) in [6.07, 6.45) is 3.68. The fourth-order valence-electron chi connectivity index (χ4n) is 2.55. The van der Waals surface area contributed by atoms with Crippen molar-refractivity contribution in [2.45, 2.75) is 12.8 Å². The van der Waals surface area contributed by atoms with Crippen LogP contribution in [0.5, 0.6) is 0 Å². The van der Waals surface area contributed by atoms with Gasteiger partial charge in [-0.2, -0.15) is 0 Å². The molecule has 0 radical (unpaired) electrons. The smallest absolute Gasteiger partial charge is 0.354 e. The number of benzene rings is 1. The number of esters is 1. The number of fused-ring (bicyclic) bond motifs is 1. The van der Waals surface area contributed by atoms with Crippen molar-refractivity contribution in [3.05, 3.63) is 57.6 Å². The first-order valence-corrected chi connectivity index (χ1v) is 6.92. The van der Waals surface area contributed by atoms with Crippen molar-refractivity contribution in [3.63, 3.8) is 0 Å². The van der Waals surface area contributed by atoms with Gasteiger partial charge in [-0.15, -0.1) is 0 Å². The molecule has 108 valence electrons. The molecule has 1 aliphatic carbocycles. The summed E-state index contributed by atoms with van der Waals surface area (Å²) in [5, 5.41) is 0.104. The van der Waals surface area contributed by atoms with E-state index in [2.05, 4.69) is 4.98 Å². The van der Waals surface area contributed by atoms with E-state index in [0.29, 0.717) is 5.69 Å². The normalized spacial score (nSPS) is 15.3. The first-order chi connectivity index (χ1) is 10.1. The van der Waals surface area contributed by atoms with Crippen LogP contribution in [-0.2, 0) is 11.2 Å². The van der Waals surface area contributed by atoms with E-state index in [-0.39, 0.29) is 11.0 Å². The van der Waals surface area contributed by atoms with Crippen LogP contribution in [0.4, 0.5) is 4.39 Å². The van der Waals surface area contributed by atoms with Gasteiger partial charge in [-0.1, -0.05) is 23.7 Å². The van der Waals surface area contributed by atoms with Crippen molar-refractivity contribution in [2.75, 3.05) is 7.11 Å². The van der Waals surface area contributed by atoms with E-state index in [1.165, 1.54) is 13.2 Å². The molecule has 3 rings (SSSR count). The average Bonchev–Trinajstić information content (AvgIpc) is 3.04. The number of halogens is 2. The van der Waals surface area contributed by atoms with Crippen molar-refractivity contribution in [1.82, 2.24) is 4.98 Å². The van der Waals surface area contributed by atoms with E-state index < -0.39 is 5.82 Å². The zero-order valence-corrected chi connectivity index (χ0v) is 12.1. The van der Waals surface area contributed by atoms with Crippen molar-refractivity contribution in [3.8, 4) is 0 Å². The van der Waals surface area contributed by atoms with Crippen LogP contribution in [0, 0.1) is 5.82 Å². The molecule has 1 N–H and O–H groups in total. The zero-order valence-electron chi connectivity index (χ0n) is 11.4. The number of nitrogens with one attached hydrogen (secondary N) is 1. The van der Waals surface area contributed by atoms with Gasteiger partial charge in [0.05, 0.1) is 12.1 Å². The highest BCUT2D eigenvalue weighted by Crippen LogP contribution is 2.34. The Morgan fingerprint density at radius 3 is 2.90 bits per heavy atom. The van der Waals surface area contributed by atoms with Gasteiger partial charge in [0.25, 0.3) is 0 Å². The van der Waals surface area contributed by atoms with Gasteiger partial charge in [0.15, 0.2) is 0 Å². The maximum Gasteiger partial charge on any atom is 0.354 e. The molecule has 0 saturated carbocycles. The van der Waals surface area contributed by atoms with Crippen molar-refractivity contribution >= 4 is 29.2 Å². The summed E-state index contributed by atoms with van der Waals surface area (Å²) < 4.78 is 17.9. The third-order valence-corrected chi connectivity index (χ3v) is 3.87. The number of allylic oxidation sites excluding steroid dienone is 1. The van der Waals surface area contributed by atoms with Gasteiger partial charge in [0, 0.05) is 5.69 Å². The summed E-state index contributed by atoms with van der Waals surface area (Å²) in [5.74, 6) is -0.811. The standard InChI is InChI=1S/C16H13ClFNO2/c1-21-16(20)15-8-11-10(3-5-14(11)19-15)6-9-2-4-13(18)12(17)7-9/h2,4,6-8,19H,3,5H2,1H3/b10-6-.